The number of aliphatic hydroxyl groups is 1. The summed E-state index contributed by atoms with van der Waals surface area (Å²) < 4.78 is 12.4. The third-order valence-electron chi connectivity index (χ3n) is 6.38. The Morgan fingerprint density at radius 1 is 1.05 bits per heavy atom. The van der Waals surface area contributed by atoms with Gasteiger partial charge in [-0.15, -0.1) is 0 Å². The summed E-state index contributed by atoms with van der Waals surface area (Å²) in [7, 11) is 0. The number of piperidine rings is 1. The lowest BCUT2D eigenvalue weighted by molar-refractivity contribution is 0.0664. The number of halogens is 3. The molecule has 3 aromatic rings. The van der Waals surface area contributed by atoms with E-state index in [0.29, 0.717) is 47.8 Å². The maximum absolute atomic E-state index is 12.9. The number of carbonyl (C=O) groups is 1. The van der Waals surface area contributed by atoms with Gasteiger partial charge in [0.25, 0.3) is 0 Å². The number of benzene rings is 3. The summed E-state index contributed by atoms with van der Waals surface area (Å²) in [6.07, 6.45) is 0.891. The molecule has 0 saturated carbocycles. The van der Waals surface area contributed by atoms with E-state index in [4.69, 9.17) is 32.7 Å². The second kappa shape index (κ2) is 12.9. The van der Waals surface area contributed by atoms with E-state index >= 15 is 0 Å². The van der Waals surface area contributed by atoms with Gasteiger partial charge in [-0.1, -0.05) is 57.3 Å². The van der Waals surface area contributed by atoms with Crippen molar-refractivity contribution in [3.8, 4) is 17.2 Å². The van der Waals surface area contributed by atoms with Gasteiger partial charge in [-0.2, -0.15) is 0 Å². The normalized spacial score (nSPS) is 14.8. The van der Waals surface area contributed by atoms with E-state index in [1.54, 1.807) is 23.1 Å². The third-order valence-corrected chi connectivity index (χ3v) is 7.62. The molecule has 1 fully saturated rings. The van der Waals surface area contributed by atoms with Crippen molar-refractivity contribution in [1.82, 2.24) is 10.2 Å². The van der Waals surface area contributed by atoms with Crippen LogP contribution in [0.2, 0.25) is 10.0 Å². The summed E-state index contributed by atoms with van der Waals surface area (Å²) in [5, 5.41) is 14.7. The zero-order valence-electron chi connectivity index (χ0n) is 20.4. The molecule has 0 spiro atoms. The molecule has 0 bridgehead atoms. The van der Waals surface area contributed by atoms with Crippen LogP contribution in [0.15, 0.2) is 65.1 Å². The second-order valence-corrected chi connectivity index (χ2v) is 10.6. The van der Waals surface area contributed by atoms with Crippen molar-refractivity contribution >= 4 is 45.2 Å². The SMILES string of the molecule is CCOc1ccc(C(O)C2CCN(C(=O)NCc3ccc(Br)cc3Oc3ccc(Cl)c(Cl)c3)CC2)cc1. The highest BCUT2D eigenvalue weighted by molar-refractivity contribution is 9.10. The number of hydrogen-bond donors (Lipinski definition) is 2. The van der Waals surface area contributed by atoms with E-state index in [9.17, 15) is 9.90 Å². The van der Waals surface area contributed by atoms with Crippen LogP contribution in [0.3, 0.4) is 0 Å². The lowest BCUT2D eigenvalue weighted by Crippen LogP contribution is -2.45. The summed E-state index contributed by atoms with van der Waals surface area (Å²) in [5.74, 6) is 2.04. The van der Waals surface area contributed by atoms with Gasteiger partial charge < -0.3 is 24.8 Å². The number of ether oxygens (including phenoxy) is 2. The van der Waals surface area contributed by atoms with Crippen LogP contribution in [-0.2, 0) is 6.54 Å². The average molecular weight is 608 g/mol. The van der Waals surface area contributed by atoms with E-state index in [2.05, 4.69) is 21.2 Å². The zero-order valence-corrected chi connectivity index (χ0v) is 23.5. The molecular formula is C28H29BrCl2N2O4. The highest BCUT2D eigenvalue weighted by Gasteiger charge is 2.28. The minimum Gasteiger partial charge on any atom is -0.494 e. The van der Waals surface area contributed by atoms with E-state index in [0.717, 1.165) is 34.2 Å². The highest BCUT2D eigenvalue weighted by Crippen LogP contribution is 2.33. The number of carbonyl (C=O) groups excluding carboxylic acids is 1. The van der Waals surface area contributed by atoms with Crippen molar-refractivity contribution in [1.29, 1.82) is 0 Å². The Balaban J connectivity index is 1.31. The van der Waals surface area contributed by atoms with Crippen LogP contribution < -0.4 is 14.8 Å². The van der Waals surface area contributed by atoms with Gasteiger partial charge in [0.05, 0.1) is 22.8 Å². The number of aliphatic hydroxyl groups excluding tert-OH is 1. The smallest absolute Gasteiger partial charge is 0.317 e. The summed E-state index contributed by atoms with van der Waals surface area (Å²) >= 11 is 15.6. The van der Waals surface area contributed by atoms with E-state index in [-0.39, 0.29) is 11.9 Å². The second-order valence-electron chi connectivity index (χ2n) is 8.86. The van der Waals surface area contributed by atoms with Crippen molar-refractivity contribution in [2.24, 2.45) is 5.92 Å². The molecule has 0 aliphatic carbocycles. The number of hydrogen-bond acceptors (Lipinski definition) is 4. The van der Waals surface area contributed by atoms with E-state index < -0.39 is 6.10 Å². The van der Waals surface area contributed by atoms with Gasteiger partial charge in [-0.3, -0.25) is 0 Å². The molecule has 1 saturated heterocycles. The molecule has 0 aromatic heterocycles. The molecule has 196 valence electrons. The van der Waals surface area contributed by atoms with Crippen LogP contribution in [-0.4, -0.2) is 35.7 Å². The number of nitrogens with one attached hydrogen (secondary N) is 1. The Labute approximate surface area is 235 Å². The predicted octanol–water partition coefficient (Wildman–Crippen LogP) is 7.60. The molecule has 1 heterocycles. The molecular weight excluding hydrogens is 579 g/mol. The number of rotatable bonds is 8. The molecule has 1 atom stereocenters. The number of amides is 2. The van der Waals surface area contributed by atoms with Crippen molar-refractivity contribution in [2.45, 2.75) is 32.4 Å². The third kappa shape index (κ3) is 7.32. The lowest BCUT2D eigenvalue weighted by atomic mass is 9.87. The first-order valence-corrected chi connectivity index (χ1v) is 13.7. The standard InChI is InChI=1S/C28H29BrCl2N2O4/c1-2-36-22-7-4-18(5-8-22)27(34)19-11-13-33(14-12-19)28(35)32-17-20-3-6-21(29)15-26(20)37-23-9-10-24(30)25(31)16-23/h3-10,15-16,19,27,34H,2,11-14,17H2,1H3,(H,32,35). The minimum absolute atomic E-state index is 0.0969. The maximum Gasteiger partial charge on any atom is 0.317 e. The van der Waals surface area contributed by atoms with Crippen LogP contribution in [0.5, 0.6) is 17.2 Å². The van der Waals surface area contributed by atoms with Crippen LogP contribution in [0.4, 0.5) is 4.79 Å². The van der Waals surface area contributed by atoms with E-state index in [1.165, 1.54) is 0 Å². The van der Waals surface area contributed by atoms with Crippen LogP contribution in [0.25, 0.3) is 0 Å². The molecule has 1 aliphatic heterocycles. The first-order chi connectivity index (χ1) is 17.8. The molecule has 9 heteroatoms. The number of nitrogens with zero attached hydrogens (tertiary/aromatic N) is 1. The van der Waals surface area contributed by atoms with Crippen molar-refractivity contribution in [3.63, 3.8) is 0 Å². The Kier molecular flexibility index (Phi) is 9.60. The fourth-order valence-corrected chi connectivity index (χ4v) is 4.97. The quantitative estimate of drug-likeness (QED) is 0.276. The lowest BCUT2D eigenvalue weighted by Gasteiger charge is -2.34. The van der Waals surface area contributed by atoms with Gasteiger partial charge in [0.15, 0.2) is 0 Å². The van der Waals surface area contributed by atoms with Crippen LogP contribution >= 0.6 is 39.1 Å². The van der Waals surface area contributed by atoms with Crippen LogP contribution in [0, 0.1) is 5.92 Å². The molecule has 1 aliphatic rings. The summed E-state index contributed by atoms with van der Waals surface area (Å²) in [5.41, 5.74) is 1.69. The topological polar surface area (TPSA) is 71.0 Å². The molecule has 6 nitrogen and oxygen atoms in total. The fraction of sp³-hybridized carbons (Fsp3) is 0.321. The monoisotopic (exact) mass is 606 g/mol. The number of likely N-dealkylation sites (tertiary alicyclic amines) is 1. The first kappa shape index (κ1) is 27.6. The van der Waals surface area contributed by atoms with Gasteiger partial charge in [0, 0.05) is 35.7 Å². The fourth-order valence-electron chi connectivity index (χ4n) is 4.34. The summed E-state index contributed by atoms with van der Waals surface area (Å²) in [6, 6.07) is 18.1. The first-order valence-electron chi connectivity index (χ1n) is 12.2. The van der Waals surface area contributed by atoms with Gasteiger partial charge in [0.1, 0.15) is 17.2 Å². The zero-order chi connectivity index (χ0) is 26.4. The van der Waals surface area contributed by atoms with Gasteiger partial charge >= 0.3 is 6.03 Å². The molecule has 2 amide bonds. The molecule has 3 aromatic carbocycles. The van der Waals surface area contributed by atoms with Crippen LogP contribution in [0.1, 0.15) is 37.0 Å². The van der Waals surface area contributed by atoms with Crippen molar-refractivity contribution in [3.05, 3.63) is 86.3 Å². The van der Waals surface area contributed by atoms with E-state index in [1.807, 2.05) is 49.4 Å². The summed E-state index contributed by atoms with van der Waals surface area (Å²) in [4.78, 5) is 14.7. The molecule has 4 rings (SSSR count). The number of urea groups is 1. The van der Waals surface area contributed by atoms with Gasteiger partial charge in [0.2, 0.25) is 0 Å². The average Bonchev–Trinajstić information content (AvgIpc) is 2.90. The van der Waals surface area contributed by atoms with Gasteiger partial charge in [-0.25, -0.2) is 4.79 Å². The van der Waals surface area contributed by atoms with Gasteiger partial charge in [-0.05, 0) is 67.6 Å². The summed E-state index contributed by atoms with van der Waals surface area (Å²) in [6.45, 7) is 4.01. The maximum atomic E-state index is 12.9. The Hall–Kier alpha value is -2.45. The van der Waals surface area contributed by atoms with Crippen molar-refractivity contribution in [2.75, 3.05) is 19.7 Å². The Morgan fingerprint density at radius 3 is 2.43 bits per heavy atom. The largest absolute Gasteiger partial charge is 0.494 e. The predicted molar refractivity (Wildman–Crippen MR) is 150 cm³/mol. The molecule has 0 radical (unpaired) electrons. The van der Waals surface area contributed by atoms with Crippen molar-refractivity contribution < 1.29 is 19.4 Å². The molecule has 37 heavy (non-hydrogen) atoms. The Morgan fingerprint density at radius 2 is 1.76 bits per heavy atom. The Bertz CT molecular complexity index is 1220. The molecule has 2 N–H and O–H groups in total. The highest BCUT2D eigenvalue weighted by atomic mass is 79.9. The minimum atomic E-state index is -0.565. The molecule has 1 unspecified atom stereocenters.